The molecule has 0 bridgehead atoms. The van der Waals surface area contributed by atoms with Crippen LogP contribution in [0.4, 0.5) is 5.13 Å². The van der Waals surface area contributed by atoms with E-state index in [9.17, 15) is 4.79 Å². The first-order valence-corrected chi connectivity index (χ1v) is 7.29. The molecule has 0 spiro atoms. The Kier molecular flexibility index (Phi) is 4.39. The van der Waals surface area contributed by atoms with Crippen LogP contribution in [0.5, 0.6) is 0 Å². The SMILES string of the molecule is COC(=O)c1ccc(CSc2sc(N)nc2C)nc1. The normalized spacial score (nSPS) is 10.4. The number of aromatic nitrogens is 2. The van der Waals surface area contributed by atoms with Crippen molar-refractivity contribution in [2.24, 2.45) is 0 Å². The number of thiazole rings is 1. The predicted molar refractivity (Wildman–Crippen MR) is 76.4 cm³/mol. The topological polar surface area (TPSA) is 78.1 Å². The van der Waals surface area contributed by atoms with Crippen LogP contribution in [0.3, 0.4) is 0 Å². The van der Waals surface area contributed by atoms with Gasteiger partial charge in [-0.1, -0.05) is 11.3 Å². The molecule has 0 radical (unpaired) electrons. The van der Waals surface area contributed by atoms with Crippen LogP contribution in [0.25, 0.3) is 0 Å². The number of hydrogen-bond acceptors (Lipinski definition) is 7. The fourth-order valence-corrected chi connectivity index (χ4v) is 3.36. The molecule has 0 saturated carbocycles. The smallest absolute Gasteiger partial charge is 0.339 e. The lowest BCUT2D eigenvalue weighted by molar-refractivity contribution is 0.0600. The number of carbonyl (C=O) groups excluding carboxylic acids is 1. The van der Waals surface area contributed by atoms with Gasteiger partial charge < -0.3 is 10.5 Å². The van der Waals surface area contributed by atoms with Crippen LogP contribution in [-0.4, -0.2) is 23.0 Å². The molecule has 0 saturated heterocycles. The van der Waals surface area contributed by atoms with E-state index >= 15 is 0 Å². The number of esters is 1. The van der Waals surface area contributed by atoms with Crippen LogP contribution < -0.4 is 5.73 Å². The molecule has 2 N–H and O–H groups in total. The fraction of sp³-hybridized carbons (Fsp3) is 0.250. The van der Waals surface area contributed by atoms with Crippen molar-refractivity contribution in [2.75, 3.05) is 12.8 Å². The lowest BCUT2D eigenvalue weighted by atomic mass is 10.2. The van der Waals surface area contributed by atoms with E-state index in [4.69, 9.17) is 5.73 Å². The van der Waals surface area contributed by atoms with Crippen LogP contribution in [0.1, 0.15) is 21.7 Å². The van der Waals surface area contributed by atoms with Crippen molar-refractivity contribution < 1.29 is 9.53 Å². The highest BCUT2D eigenvalue weighted by molar-refractivity contribution is 8.00. The third-order valence-electron chi connectivity index (χ3n) is 2.37. The Labute approximate surface area is 119 Å². The molecule has 0 aromatic carbocycles. The van der Waals surface area contributed by atoms with Gasteiger partial charge in [-0.25, -0.2) is 9.78 Å². The Hall–Kier alpha value is -1.60. The van der Waals surface area contributed by atoms with Crippen LogP contribution in [0.15, 0.2) is 22.5 Å². The standard InChI is InChI=1S/C12H13N3O2S2/c1-7-11(19-12(13)15-7)18-6-9-4-3-8(5-14-9)10(16)17-2/h3-5H,6H2,1-2H3,(H2,13,15). The van der Waals surface area contributed by atoms with Crippen molar-refractivity contribution in [2.45, 2.75) is 16.9 Å². The van der Waals surface area contributed by atoms with Gasteiger partial charge in [0.2, 0.25) is 0 Å². The van der Waals surface area contributed by atoms with E-state index in [0.29, 0.717) is 16.4 Å². The molecule has 7 heteroatoms. The van der Waals surface area contributed by atoms with Crippen LogP contribution in [0, 0.1) is 6.92 Å². The number of anilines is 1. The molecule has 0 aliphatic heterocycles. The summed E-state index contributed by atoms with van der Waals surface area (Å²) in [5, 5.41) is 0.578. The highest BCUT2D eigenvalue weighted by Crippen LogP contribution is 2.32. The minimum Gasteiger partial charge on any atom is -0.465 e. The first-order valence-electron chi connectivity index (χ1n) is 5.49. The van der Waals surface area contributed by atoms with Gasteiger partial charge in [0.1, 0.15) is 0 Å². The number of ether oxygens (including phenoxy) is 1. The van der Waals surface area contributed by atoms with Crippen molar-refractivity contribution in [3.8, 4) is 0 Å². The third-order valence-corrected chi connectivity index (χ3v) is 4.75. The van der Waals surface area contributed by atoms with Crippen LogP contribution in [-0.2, 0) is 10.5 Å². The lowest BCUT2D eigenvalue weighted by Gasteiger charge is -2.01. The molecule has 2 heterocycles. The predicted octanol–water partition coefficient (Wildman–Crippen LogP) is 2.51. The maximum atomic E-state index is 11.3. The molecular weight excluding hydrogens is 282 g/mol. The molecular formula is C12H13N3O2S2. The van der Waals surface area contributed by atoms with E-state index in [1.807, 2.05) is 13.0 Å². The van der Waals surface area contributed by atoms with Crippen molar-refractivity contribution in [3.05, 3.63) is 35.3 Å². The summed E-state index contributed by atoms with van der Waals surface area (Å²) in [5.74, 6) is 0.335. The molecule has 100 valence electrons. The van der Waals surface area contributed by atoms with E-state index in [-0.39, 0.29) is 5.97 Å². The lowest BCUT2D eigenvalue weighted by Crippen LogP contribution is -2.02. The monoisotopic (exact) mass is 295 g/mol. The number of nitrogen functional groups attached to an aromatic ring is 1. The molecule has 2 aromatic rings. The summed E-state index contributed by atoms with van der Waals surface area (Å²) in [4.78, 5) is 19.7. The maximum absolute atomic E-state index is 11.3. The molecule has 2 rings (SSSR count). The number of rotatable bonds is 4. The average molecular weight is 295 g/mol. The molecule has 2 aromatic heterocycles. The maximum Gasteiger partial charge on any atom is 0.339 e. The number of nitrogens with two attached hydrogens (primary N) is 1. The van der Waals surface area contributed by atoms with Gasteiger partial charge in [0.25, 0.3) is 0 Å². The molecule has 0 atom stereocenters. The summed E-state index contributed by atoms with van der Waals surface area (Å²) in [6.07, 6.45) is 1.52. The molecule has 0 aliphatic rings. The molecule has 0 unspecified atom stereocenters. The quantitative estimate of drug-likeness (QED) is 0.689. The van der Waals surface area contributed by atoms with Crippen molar-refractivity contribution in [3.63, 3.8) is 0 Å². The Morgan fingerprint density at radius 1 is 1.53 bits per heavy atom. The number of methoxy groups -OCH3 is 1. The van der Waals surface area contributed by atoms with Gasteiger partial charge >= 0.3 is 5.97 Å². The van der Waals surface area contributed by atoms with Crippen molar-refractivity contribution in [1.29, 1.82) is 0 Å². The number of pyridine rings is 1. The Balaban J connectivity index is 2.00. The Morgan fingerprint density at radius 3 is 2.84 bits per heavy atom. The van der Waals surface area contributed by atoms with Gasteiger partial charge in [0.05, 0.1) is 28.3 Å². The second-order valence-corrected chi connectivity index (χ2v) is 6.02. The molecule has 19 heavy (non-hydrogen) atoms. The zero-order valence-electron chi connectivity index (χ0n) is 10.5. The summed E-state index contributed by atoms with van der Waals surface area (Å²) >= 11 is 3.11. The van der Waals surface area contributed by atoms with Gasteiger partial charge in [-0.15, -0.1) is 11.8 Å². The van der Waals surface area contributed by atoms with Gasteiger partial charge in [-0.2, -0.15) is 0 Å². The number of thioether (sulfide) groups is 1. The zero-order chi connectivity index (χ0) is 13.8. The van der Waals surface area contributed by atoms with Crippen LogP contribution >= 0.6 is 23.1 Å². The molecule has 0 amide bonds. The fourth-order valence-electron chi connectivity index (χ4n) is 1.42. The summed E-state index contributed by atoms with van der Waals surface area (Å²) < 4.78 is 5.71. The first kappa shape index (κ1) is 13.8. The molecule has 0 fully saturated rings. The average Bonchev–Trinajstić information content (AvgIpc) is 2.74. The number of nitrogens with zero attached hydrogens (tertiary/aromatic N) is 2. The summed E-state index contributed by atoms with van der Waals surface area (Å²) in [5.41, 5.74) is 7.93. The highest BCUT2D eigenvalue weighted by atomic mass is 32.2. The van der Waals surface area contributed by atoms with E-state index in [1.165, 1.54) is 24.6 Å². The van der Waals surface area contributed by atoms with E-state index in [0.717, 1.165) is 15.6 Å². The summed E-state index contributed by atoms with van der Waals surface area (Å²) in [7, 11) is 1.35. The summed E-state index contributed by atoms with van der Waals surface area (Å²) in [6.45, 7) is 1.93. The van der Waals surface area contributed by atoms with Gasteiger partial charge in [-0.05, 0) is 19.1 Å². The summed E-state index contributed by atoms with van der Waals surface area (Å²) in [6, 6.07) is 3.53. The molecule has 0 aliphatic carbocycles. The van der Waals surface area contributed by atoms with E-state index < -0.39 is 0 Å². The zero-order valence-corrected chi connectivity index (χ0v) is 12.2. The van der Waals surface area contributed by atoms with Crippen molar-refractivity contribution >= 4 is 34.2 Å². The largest absolute Gasteiger partial charge is 0.465 e. The second kappa shape index (κ2) is 6.03. The number of hydrogen-bond donors (Lipinski definition) is 1. The minimum atomic E-state index is -0.377. The Morgan fingerprint density at radius 2 is 2.32 bits per heavy atom. The van der Waals surface area contributed by atoms with Gasteiger partial charge in [-0.3, -0.25) is 4.98 Å². The molecule has 5 nitrogen and oxygen atoms in total. The van der Waals surface area contributed by atoms with Gasteiger partial charge in [0.15, 0.2) is 5.13 Å². The second-order valence-electron chi connectivity index (χ2n) is 3.74. The van der Waals surface area contributed by atoms with E-state index in [1.54, 1.807) is 17.8 Å². The van der Waals surface area contributed by atoms with Crippen LogP contribution in [0.2, 0.25) is 0 Å². The number of aryl methyl sites for hydroxylation is 1. The van der Waals surface area contributed by atoms with Gasteiger partial charge in [0, 0.05) is 11.9 Å². The Bertz CT molecular complexity index is 581. The number of carbonyl (C=O) groups is 1. The van der Waals surface area contributed by atoms with E-state index in [2.05, 4.69) is 14.7 Å². The van der Waals surface area contributed by atoms with Crippen molar-refractivity contribution in [1.82, 2.24) is 9.97 Å². The first-order chi connectivity index (χ1) is 9.10. The minimum absolute atomic E-state index is 0.377. The highest BCUT2D eigenvalue weighted by Gasteiger charge is 2.08. The third kappa shape index (κ3) is 3.45.